The van der Waals surface area contributed by atoms with Crippen molar-refractivity contribution in [1.82, 2.24) is 44.9 Å². The lowest BCUT2D eigenvalue weighted by atomic mass is 9.98. The molecule has 372 valence electrons. The summed E-state index contributed by atoms with van der Waals surface area (Å²) in [6.45, 7) is 10.6. The Morgan fingerprint density at radius 1 is 0.732 bits per heavy atom. The van der Waals surface area contributed by atoms with Crippen molar-refractivity contribution in [2.24, 2.45) is 11.8 Å². The number of amides is 4. The molecule has 2 fully saturated rings. The van der Waals surface area contributed by atoms with Crippen molar-refractivity contribution in [3.05, 3.63) is 95.6 Å². The molecule has 4 aliphatic rings. The maximum Gasteiger partial charge on any atom is 0.407 e. The minimum Gasteiger partial charge on any atom is -0.490 e. The summed E-state index contributed by atoms with van der Waals surface area (Å²) in [6.07, 6.45) is 6.20. The van der Waals surface area contributed by atoms with E-state index in [0.717, 1.165) is 64.7 Å². The van der Waals surface area contributed by atoms with Gasteiger partial charge >= 0.3 is 12.2 Å². The molecule has 10 rings (SSSR count). The summed E-state index contributed by atoms with van der Waals surface area (Å²) in [7, 11) is 2.54. The number of aromatic nitrogens is 5. The van der Waals surface area contributed by atoms with Crippen LogP contribution in [0.5, 0.6) is 11.5 Å². The van der Waals surface area contributed by atoms with Gasteiger partial charge in [0.25, 0.3) is 0 Å². The summed E-state index contributed by atoms with van der Waals surface area (Å²) in [5.41, 5.74) is 6.47. The van der Waals surface area contributed by atoms with Crippen LogP contribution in [0.2, 0.25) is 0 Å². The van der Waals surface area contributed by atoms with Gasteiger partial charge in [-0.2, -0.15) is 0 Å². The molecule has 3 aromatic heterocycles. The standard InChI is InChI=1S/C53H60FN9O8/c1-27(2)45(59-52(66)68-6)49(64)61-18-8-10-39(61)47-55-25-36(57-47)30-14-16-38-34(20-30)23-41-44-35(54)22-33(24-43(44)71-51(63(38)41)32-15-17-42-31(21-32)13-12-29(5)70-42)37-26-56-48(58-37)40-11-9-19-62(40)50(65)46(28(3)4)60-53(67)69-7/h14-17,20-29,39-40,45-46,51H,8-13,18-19H2,1-7H3,(H,55,57)(H,56,58)(H,59,66)(H,60,67)/t29?,39-,40-,45-,46-,51?/m0/s1. The van der Waals surface area contributed by atoms with Gasteiger partial charge in [0, 0.05) is 35.2 Å². The van der Waals surface area contributed by atoms with Gasteiger partial charge in [-0.05, 0) is 111 Å². The first-order valence-corrected chi connectivity index (χ1v) is 24.6. The number of hydrogen-bond acceptors (Lipinski definition) is 10. The van der Waals surface area contributed by atoms with Crippen molar-refractivity contribution >= 4 is 34.9 Å². The Kier molecular flexibility index (Phi) is 12.7. The Morgan fingerprint density at radius 2 is 1.34 bits per heavy atom. The number of imidazole rings is 2. The molecule has 7 heterocycles. The number of hydrogen-bond donors (Lipinski definition) is 4. The Balaban J connectivity index is 0.985. The number of carbonyl (C=O) groups excluding carboxylic acids is 4. The highest BCUT2D eigenvalue weighted by Gasteiger charge is 2.40. The van der Waals surface area contributed by atoms with Crippen molar-refractivity contribution in [2.45, 2.75) is 110 Å². The Bertz CT molecular complexity index is 3030. The van der Waals surface area contributed by atoms with Crippen molar-refractivity contribution in [3.63, 3.8) is 0 Å². The fourth-order valence-corrected chi connectivity index (χ4v) is 10.7. The van der Waals surface area contributed by atoms with E-state index in [4.69, 9.17) is 28.9 Å². The van der Waals surface area contributed by atoms with Crippen molar-refractivity contribution < 1.29 is 42.5 Å². The Hall–Kier alpha value is -7.37. The topological polar surface area (TPSA) is 198 Å². The van der Waals surface area contributed by atoms with Gasteiger partial charge in [-0.25, -0.2) is 23.9 Å². The molecule has 0 bridgehead atoms. The number of aromatic amines is 2. The monoisotopic (exact) mass is 969 g/mol. The van der Waals surface area contributed by atoms with Crippen LogP contribution >= 0.6 is 0 Å². The van der Waals surface area contributed by atoms with Crippen LogP contribution < -0.4 is 20.1 Å². The number of carbonyl (C=O) groups is 4. The minimum absolute atomic E-state index is 0.112. The predicted octanol–water partition coefficient (Wildman–Crippen LogP) is 8.97. The normalized spacial score (nSPS) is 20.2. The molecular formula is C53H60FN9O8. The van der Waals surface area contributed by atoms with Gasteiger partial charge in [0.05, 0.1) is 73.0 Å². The van der Waals surface area contributed by atoms with E-state index >= 15 is 4.39 Å². The van der Waals surface area contributed by atoms with Crippen molar-refractivity contribution in [3.8, 4) is 45.3 Å². The van der Waals surface area contributed by atoms with Crippen LogP contribution in [0.3, 0.4) is 0 Å². The van der Waals surface area contributed by atoms with E-state index in [2.05, 4.69) is 33.6 Å². The molecule has 71 heavy (non-hydrogen) atoms. The second-order valence-corrected chi connectivity index (χ2v) is 19.8. The molecule has 0 aliphatic carbocycles. The summed E-state index contributed by atoms with van der Waals surface area (Å²) >= 11 is 0. The van der Waals surface area contributed by atoms with Crippen molar-refractivity contribution in [1.29, 1.82) is 0 Å². The van der Waals surface area contributed by atoms with Gasteiger partial charge in [0.2, 0.25) is 18.0 Å². The maximum atomic E-state index is 17.0. The number of nitrogens with zero attached hydrogens (tertiary/aromatic N) is 5. The summed E-state index contributed by atoms with van der Waals surface area (Å²) < 4.78 is 41.8. The van der Waals surface area contributed by atoms with Crippen LogP contribution in [0, 0.1) is 17.7 Å². The van der Waals surface area contributed by atoms with E-state index < -0.39 is 36.3 Å². The number of likely N-dealkylation sites (tertiary alicyclic amines) is 2. The van der Waals surface area contributed by atoms with Crippen LogP contribution in [-0.4, -0.2) is 104 Å². The van der Waals surface area contributed by atoms with Crippen LogP contribution in [0.4, 0.5) is 14.0 Å². The summed E-state index contributed by atoms with van der Waals surface area (Å²) in [4.78, 5) is 71.9. The lowest BCUT2D eigenvalue weighted by molar-refractivity contribution is -0.136. The molecule has 4 N–H and O–H groups in total. The Morgan fingerprint density at radius 3 is 1.93 bits per heavy atom. The van der Waals surface area contributed by atoms with Gasteiger partial charge in [0.15, 0.2) is 0 Å². The highest BCUT2D eigenvalue weighted by molar-refractivity contribution is 5.93. The summed E-state index contributed by atoms with van der Waals surface area (Å²) in [5.74, 6) is 1.20. The van der Waals surface area contributed by atoms with Crippen LogP contribution in [0.1, 0.15) is 108 Å². The first-order chi connectivity index (χ1) is 34.2. The van der Waals surface area contributed by atoms with Gasteiger partial charge in [0.1, 0.15) is 41.0 Å². The largest absolute Gasteiger partial charge is 0.490 e. The van der Waals surface area contributed by atoms with E-state index in [9.17, 15) is 19.2 Å². The molecule has 17 nitrogen and oxygen atoms in total. The number of ether oxygens (including phenoxy) is 4. The molecule has 3 aromatic carbocycles. The highest BCUT2D eigenvalue weighted by atomic mass is 19.1. The van der Waals surface area contributed by atoms with Gasteiger partial charge < -0.3 is 53.9 Å². The smallest absolute Gasteiger partial charge is 0.407 e. The number of H-pyrrole nitrogens is 2. The quantitative estimate of drug-likeness (QED) is 0.0972. The third-order valence-electron chi connectivity index (χ3n) is 14.4. The third-order valence-corrected chi connectivity index (χ3v) is 14.4. The second kappa shape index (κ2) is 19.1. The van der Waals surface area contributed by atoms with E-state index in [1.807, 2.05) is 74.7 Å². The zero-order valence-electron chi connectivity index (χ0n) is 41.0. The molecular weight excluding hydrogens is 910 g/mol. The predicted molar refractivity (Wildman–Crippen MR) is 262 cm³/mol. The number of methoxy groups -OCH3 is 2. The fraction of sp³-hybridized carbons (Fsp3) is 0.434. The van der Waals surface area contributed by atoms with Crippen LogP contribution in [0.15, 0.2) is 67.0 Å². The third kappa shape index (κ3) is 8.81. The SMILES string of the molecule is COC(=O)N[C@H](C(=O)N1CCC[C@H]1c1ncc(-c2cc(F)c3c(c2)OC(c2ccc4c(c2)CCC(C)O4)n2c-3cc3cc(-c4cnc([C@@H]5CCCN5C(=O)[C@@H](NC(=O)OC)C(C)C)[nH]4)ccc32)[nH]1)C(C)C. The summed E-state index contributed by atoms with van der Waals surface area (Å²) in [6, 6.07) is 15.3. The average molecular weight is 970 g/mol. The lowest BCUT2D eigenvalue weighted by Gasteiger charge is -2.32. The number of alkyl carbamates (subject to hydrolysis) is 2. The zero-order valence-corrected chi connectivity index (χ0v) is 41.0. The van der Waals surface area contributed by atoms with Crippen LogP contribution in [-0.2, 0) is 25.5 Å². The molecule has 0 spiro atoms. The Labute approximate surface area is 410 Å². The number of rotatable bonds is 11. The average Bonchev–Trinajstić information content (AvgIpc) is 4.23. The van der Waals surface area contributed by atoms with E-state index in [-0.39, 0.29) is 41.8 Å². The highest BCUT2D eigenvalue weighted by Crippen LogP contribution is 2.48. The number of halogens is 1. The first-order valence-electron chi connectivity index (χ1n) is 24.6. The molecule has 6 atom stereocenters. The van der Waals surface area contributed by atoms with Crippen molar-refractivity contribution in [2.75, 3.05) is 27.3 Å². The second-order valence-electron chi connectivity index (χ2n) is 19.8. The van der Waals surface area contributed by atoms with Gasteiger partial charge in [-0.3, -0.25) is 9.59 Å². The molecule has 6 aromatic rings. The molecule has 2 unspecified atom stereocenters. The fourth-order valence-electron chi connectivity index (χ4n) is 10.7. The van der Waals surface area contributed by atoms with Crippen LogP contribution in [0.25, 0.3) is 44.7 Å². The van der Waals surface area contributed by atoms with E-state index in [1.54, 1.807) is 22.2 Å². The first kappa shape index (κ1) is 47.3. The molecule has 0 saturated carbocycles. The maximum absolute atomic E-state index is 17.0. The molecule has 4 amide bonds. The molecule has 0 radical (unpaired) electrons. The lowest BCUT2D eigenvalue weighted by Crippen LogP contribution is -2.51. The molecule has 2 saturated heterocycles. The number of aryl methyl sites for hydroxylation is 1. The molecule has 18 heteroatoms. The number of nitrogens with one attached hydrogen (secondary N) is 4. The van der Waals surface area contributed by atoms with Gasteiger partial charge in [-0.1, -0.05) is 33.8 Å². The van der Waals surface area contributed by atoms with E-state index in [0.29, 0.717) is 65.8 Å². The molecule has 4 aliphatic heterocycles. The zero-order chi connectivity index (χ0) is 49.8. The summed E-state index contributed by atoms with van der Waals surface area (Å²) in [5, 5.41) is 6.26. The number of benzene rings is 3. The van der Waals surface area contributed by atoms with Gasteiger partial charge in [-0.15, -0.1) is 0 Å². The van der Waals surface area contributed by atoms with E-state index in [1.165, 1.54) is 20.3 Å². The minimum atomic E-state index is -0.779. The number of fused-ring (bicyclic) bond motifs is 6.